The Morgan fingerprint density at radius 2 is 2.04 bits per heavy atom. The number of rotatable bonds is 9. The first-order valence-electron chi connectivity index (χ1n) is 8.10. The Kier molecular flexibility index (Phi) is 5.77. The molecule has 0 spiro atoms. The van der Waals surface area contributed by atoms with E-state index in [4.69, 9.17) is 25.7 Å². The lowest BCUT2D eigenvalue weighted by molar-refractivity contribution is 0.220. The van der Waals surface area contributed by atoms with Crippen LogP contribution in [0.1, 0.15) is 32.6 Å². The van der Waals surface area contributed by atoms with Gasteiger partial charge in [0.2, 0.25) is 0 Å². The quantitative estimate of drug-likeness (QED) is 0.387. The molecule has 0 amide bonds. The molecule has 8 nitrogen and oxygen atoms in total. The molecule has 0 aromatic heterocycles. The highest BCUT2D eigenvalue weighted by Crippen LogP contribution is 2.45. The minimum absolute atomic E-state index is 0.0379. The molecule has 6 N–H and O–H groups in total. The van der Waals surface area contributed by atoms with Crippen LogP contribution in [0.4, 0.5) is 0 Å². The Balaban J connectivity index is 1.90. The largest absolute Gasteiger partial charge is 0.451 e. The van der Waals surface area contributed by atoms with Gasteiger partial charge in [0.15, 0.2) is 0 Å². The highest BCUT2D eigenvalue weighted by molar-refractivity contribution is 7.84. The van der Waals surface area contributed by atoms with E-state index in [2.05, 4.69) is 0 Å². The first-order chi connectivity index (χ1) is 10.6. The summed E-state index contributed by atoms with van der Waals surface area (Å²) in [7, 11) is -5.15. The molecular formula is C13H28BN3O5S. The molecule has 2 fully saturated rings. The van der Waals surface area contributed by atoms with Crippen LogP contribution in [0.15, 0.2) is 0 Å². The van der Waals surface area contributed by atoms with Crippen LogP contribution in [0.3, 0.4) is 0 Å². The van der Waals surface area contributed by atoms with Gasteiger partial charge in [-0.1, -0.05) is 6.42 Å². The van der Waals surface area contributed by atoms with Crippen molar-refractivity contribution < 1.29 is 22.6 Å². The fraction of sp³-hybridized carbons (Fsp3) is 1.00. The molecule has 2 atom stereocenters. The lowest BCUT2D eigenvalue weighted by Gasteiger charge is -2.25. The molecule has 2 aliphatic rings. The van der Waals surface area contributed by atoms with Gasteiger partial charge in [-0.05, 0) is 38.4 Å². The third-order valence-corrected chi connectivity index (χ3v) is 6.44. The van der Waals surface area contributed by atoms with Crippen LogP contribution >= 0.6 is 0 Å². The molecule has 134 valence electrons. The highest BCUT2D eigenvalue weighted by atomic mass is 32.2. The van der Waals surface area contributed by atoms with Crippen LogP contribution in [0, 0.1) is 11.3 Å². The molecule has 1 saturated carbocycles. The van der Waals surface area contributed by atoms with Gasteiger partial charge in [-0.25, -0.2) is 0 Å². The summed E-state index contributed by atoms with van der Waals surface area (Å²) in [5.74, 6) is -0.0379. The molecular weight excluding hydrogens is 321 g/mol. The molecule has 1 heterocycles. The standard InChI is InChI=1S/C13H28BN3O5S/c1-12(16)9-17(7-11(12)3-2-6-14(18)19)23(20,21)22-10-13(8-15)4-5-13/h11,18-19H,2-10,15-16H2,1H3/t11-,12-/m0/s1. The monoisotopic (exact) mass is 349 g/mol. The first-order valence-corrected chi connectivity index (χ1v) is 9.46. The van der Waals surface area contributed by atoms with Gasteiger partial charge in [-0.15, -0.1) is 0 Å². The predicted octanol–water partition coefficient (Wildman–Crippen LogP) is -1.11. The maximum Gasteiger partial charge on any atom is 0.451 e. The smallest absolute Gasteiger partial charge is 0.427 e. The van der Waals surface area contributed by atoms with Crippen molar-refractivity contribution in [2.45, 2.75) is 44.5 Å². The zero-order valence-electron chi connectivity index (χ0n) is 13.6. The predicted molar refractivity (Wildman–Crippen MR) is 87.5 cm³/mol. The van der Waals surface area contributed by atoms with E-state index >= 15 is 0 Å². The Morgan fingerprint density at radius 3 is 2.57 bits per heavy atom. The Bertz CT molecular complexity index is 510. The minimum atomic E-state index is -3.81. The molecule has 0 unspecified atom stereocenters. The lowest BCUT2D eigenvalue weighted by Crippen LogP contribution is -2.45. The number of hydrogen-bond acceptors (Lipinski definition) is 7. The average Bonchev–Trinajstić information content (AvgIpc) is 3.17. The van der Waals surface area contributed by atoms with E-state index < -0.39 is 23.0 Å². The lowest BCUT2D eigenvalue weighted by atomic mass is 9.79. The van der Waals surface area contributed by atoms with Gasteiger partial charge >= 0.3 is 17.4 Å². The van der Waals surface area contributed by atoms with Crippen molar-refractivity contribution in [3.8, 4) is 0 Å². The summed E-state index contributed by atoms with van der Waals surface area (Å²) in [6, 6.07) is 0. The molecule has 2 rings (SSSR count). The van der Waals surface area contributed by atoms with E-state index in [0.717, 1.165) is 12.8 Å². The van der Waals surface area contributed by atoms with Crippen LogP contribution in [0.25, 0.3) is 0 Å². The van der Waals surface area contributed by atoms with Crippen molar-refractivity contribution in [2.24, 2.45) is 22.8 Å². The van der Waals surface area contributed by atoms with Gasteiger partial charge in [-0.2, -0.15) is 12.7 Å². The highest BCUT2D eigenvalue weighted by Gasteiger charge is 2.47. The molecule has 0 aromatic carbocycles. The number of hydrogen-bond donors (Lipinski definition) is 4. The van der Waals surface area contributed by atoms with Crippen molar-refractivity contribution >= 4 is 17.4 Å². The van der Waals surface area contributed by atoms with Crippen molar-refractivity contribution in [1.29, 1.82) is 0 Å². The number of nitrogens with zero attached hydrogens (tertiary/aromatic N) is 1. The second kappa shape index (κ2) is 6.95. The fourth-order valence-electron chi connectivity index (χ4n) is 3.02. The molecule has 0 aromatic rings. The van der Waals surface area contributed by atoms with Crippen LogP contribution < -0.4 is 11.5 Å². The van der Waals surface area contributed by atoms with Gasteiger partial charge in [0.05, 0.1) is 6.61 Å². The maximum atomic E-state index is 12.4. The van der Waals surface area contributed by atoms with Crippen LogP contribution in [-0.4, -0.2) is 61.7 Å². The fourth-order valence-corrected chi connectivity index (χ4v) is 4.37. The second-order valence-electron chi connectivity index (χ2n) is 7.33. The first kappa shape index (κ1) is 19.1. The minimum Gasteiger partial charge on any atom is -0.427 e. The van der Waals surface area contributed by atoms with E-state index in [1.54, 1.807) is 0 Å². The van der Waals surface area contributed by atoms with Crippen LogP contribution in [0.5, 0.6) is 0 Å². The summed E-state index contributed by atoms with van der Waals surface area (Å²) in [4.78, 5) is 0. The van der Waals surface area contributed by atoms with E-state index in [-0.39, 0.29) is 30.8 Å². The Hall–Kier alpha value is -0.225. The Morgan fingerprint density at radius 1 is 1.39 bits per heavy atom. The average molecular weight is 349 g/mol. The molecule has 0 radical (unpaired) electrons. The van der Waals surface area contributed by atoms with E-state index in [0.29, 0.717) is 25.9 Å². The number of nitrogens with two attached hydrogens (primary N) is 2. The third kappa shape index (κ3) is 4.88. The summed E-state index contributed by atoms with van der Waals surface area (Å²) in [5, 5.41) is 17.8. The topological polar surface area (TPSA) is 139 Å². The summed E-state index contributed by atoms with van der Waals surface area (Å²) < 4.78 is 31.2. The van der Waals surface area contributed by atoms with Crippen LogP contribution in [-0.2, 0) is 14.5 Å². The molecule has 0 bridgehead atoms. The zero-order valence-corrected chi connectivity index (χ0v) is 14.5. The van der Waals surface area contributed by atoms with Gasteiger partial charge in [0.1, 0.15) is 0 Å². The van der Waals surface area contributed by atoms with Crippen LogP contribution in [0.2, 0.25) is 6.32 Å². The SMILES string of the molecule is C[C@]1(N)CN(S(=O)(=O)OCC2(CN)CC2)C[C@@H]1CCCB(O)O. The van der Waals surface area contributed by atoms with E-state index in [9.17, 15) is 8.42 Å². The van der Waals surface area contributed by atoms with Gasteiger partial charge < -0.3 is 21.5 Å². The molecule has 1 saturated heterocycles. The molecule has 1 aliphatic heterocycles. The van der Waals surface area contributed by atoms with E-state index in [1.165, 1.54) is 4.31 Å². The normalized spacial score (nSPS) is 30.6. The summed E-state index contributed by atoms with van der Waals surface area (Å²) >= 11 is 0. The summed E-state index contributed by atoms with van der Waals surface area (Å²) in [6.07, 6.45) is 3.29. The van der Waals surface area contributed by atoms with Gasteiger partial charge in [-0.3, -0.25) is 4.18 Å². The molecule has 23 heavy (non-hydrogen) atoms. The molecule has 10 heteroatoms. The summed E-state index contributed by atoms with van der Waals surface area (Å²) in [6.45, 7) is 2.89. The Labute approximate surface area is 138 Å². The van der Waals surface area contributed by atoms with Gasteiger partial charge in [0, 0.05) is 30.6 Å². The zero-order chi connectivity index (χ0) is 17.3. The maximum absolute atomic E-state index is 12.4. The van der Waals surface area contributed by atoms with Crippen molar-refractivity contribution in [3.63, 3.8) is 0 Å². The van der Waals surface area contributed by atoms with Gasteiger partial charge in [0.25, 0.3) is 0 Å². The van der Waals surface area contributed by atoms with Crippen molar-refractivity contribution in [1.82, 2.24) is 4.31 Å². The van der Waals surface area contributed by atoms with E-state index in [1.807, 2.05) is 6.92 Å². The third-order valence-electron chi connectivity index (χ3n) is 5.11. The van der Waals surface area contributed by atoms with Crippen molar-refractivity contribution in [2.75, 3.05) is 26.2 Å². The summed E-state index contributed by atoms with van der Waals surface area (Å²) in [5.41, 5.74) is 11.1. The second-order valence-corrected chi connectivity index (χ2v) is 8.94. The molecule has 1 aliphatic carbocycles. The van der Waals surface area contributed by atoms with Crippen molar-refractivity contribution in [3.05, 3.63) is 0 Å².